The fraction of sp³-hybridized carbons (Fsp3) is 0.292. The van der Waals surface area contributed by atoms with Gasteiger partial charge in [0.05, 0.1) is 0 Å². The van der Waals surface area contributed by atoms with Crippen LogP contribution in [0, 0.1) is 23.0 Å². The number of benzene rings is 2. The maximum Gasteiger partial charge on any atom is 0.185 e. The van der Waals surface area contributed by atoms with E-state index in [1.807, 2.05) is 0 Å². The van der Waals surface area contributed by atoms with Gasteiger partial charge in [-0.1, -0.05) is 45.0 Å². The van der Waals surface area contributed by atoms with Crippen LogP contribution in [-0.2, 0) is 4.79 Å². The molecule has 0 unspecified atom stereocenters. The first kappa shape index (κ1) is 19.2. The summed E-state index contributed by atoms with van der Waals surface area (Å²) in [6.45, 7) is 6.48. The molecular weight excluding hydrogens is 342 g/mol. The molecule has 0 atom stereocenters. The Morgan fingerprint density at radius 3 is 1.67 bits per heavy atom. The van der Waals surface area contributed by atoms with Crippen molar-refractivity contribution in [1.29, 1.82) is 0 Å². The highest BCUT2D eigenvalue weighted by Crippen LogP contribution is 2.41. The molecular formula is C24H24F2O. The summed E-state index contributed by atoms with van der Waals surface area (Å²) in [7, 11) is 0. The van der Waals surface area contributed by atoms with Gasteiger partial charge in [0.2, 0.25) is 0 Å². The lowest BCUT2D eigenvalue weighted by Crippen LogP contribution is -2.29. The zero-order valence-electron chi connectivity index (χ0n) is 15.9. The Balaban J connectivity index is 2.02. The lowest BCUT2D eigenvalue weighted by atomic mass is 9.68. The number of hydrogen-bond donors (Lipinski definition) is 0. The quantitative estimate of drug-likeness (QED) is 0.558. The van der Waals surface area contributed by atoms with Gasteiger partial charge >= 0.3 is 0 Å². The number of ketones is 1. The van der Waals surface area contributed by atoms with Gasteiger partial charge in [-0.2, -0.15) is 0 Å². The fourth-order valence-electron chi connectivity index (χ4n) is 3.45. The van der Waals surface area contributed by atoms with E-state index < -0.39 is 0 Å². The van der Waals surface area contributed by atoms with E-state index in [4.69, 9.17) is 0 Å². The zero-order chi connectivity index (χ0) is 19.6. The summed E-state index contributed by atoms with van der Waals surface area (Å²) in [5.41, 5.74) is 2.72. The monoisotopic (exact) mass is 366 g/mol. The molecule has 1 aliphatic rings. The molecule has 140 valence electrons. The number of hydrogen-bond acceptors (Lipinski definition) is 1. The first-order chi connectivity index (χ1) is 12.7. The maximum absolute atomic E-state index is 13.5. The summed E-state index contributed by atoms with van der Waals surface area (Å²) in [5, 5.41) is 0. The molecule has 1 aliphatic carbocycles. The van der Waals surface area contributed by atoms with Crippen molar-refractivity contribution in [3.05, 3.63) is 82.4 Å². The van der Waals surface area contributed by atoms with Gasteiger partial charge in [-0.05, 0) is 71.7 Å². The Morgan fingerprint density at radius 1 is 0.852 bits per heavy atom. The molecule has 1 saturated carbocycles. The van der Waals surface area contributed by atoms with Gasteiger partial charge < -0.3 is 0 Å². The van der Waals surface area contributed by atoms with Crippen molar-refractivity contribution in [1.82, 2.24) is 0 Å². The number of carbonyl (C=O) groups is 1. The summed E-state index contributed by atoms with van der Waals surface area (Å²) in [6.07, 6.45) is 4.87. The molecule has 0 aliphatic heterocycles. The van der Waals surface area contributed by atoms with Gasteiger partial charge in [0.15, 0.2) is 5.78 Å². The number of rotatable bonds is 2. The molecule has 1 nitrogen and oxygen atoms in total. The summed E-state index contributed by atoms with van der Waals surface area (Å²) in [6, 6.07) is 12.5. The van der Waals surface area contributed by atoms with Gasteiger partial charge in [-0.25, -0.2) is 8.78 Å². The van der Waals surface area contributed by atoms with Gasteiger partial charge in [-0.3, -0.25) is 4.79 Å². The van der Waals surface area contributed by atoms with Crippen LogP contribution < -0.4 is 0 Å². The first-order valence-corrected chi connectivity index (χ1v) is 9.19. The third-order valence-electron chi connectivity index (χ3n) is 5.12. The first-order valence-electron chi connectivity index (χ1n) is 9.19. The van der Waals surface area contributed by atoms with E-state index >= 15 is 0 Å². The number of Topliss-reactive ketones (excluding diaryl/α,β-unsaturated/α-hetero) is 1. The predicted molar refractivity (Wildman–Crippen MR) is 106 cm³/mol. The Morgan fingerprint density at radius 2 is 1.30 bits per heavy atom. The third-order valence-corrected chi connectivity index (χ3v) is 5.12. The molecule has 2 aromatic rings. The van der Waals surface area contributed by atoms with E-state index in [0.717, 1.165) is 0 Å². The topological polar surface area (TPSA) is 17.1 Å². The van der Waals surface area contributed by atoms with Crippen molar-refractivity contribution in [3.8, 4) is 0 Å². The molecule has 27 heavy (non-hydrogen) atoms. The van der Waals surface area contributed by atoms with E-state index in [1.165, 1.54) is 24.3 Å². The summed E-state index contributed by atoms with van der Waals surface area (Å²) in [5.74, 6) is -0.412. The lowest BCUT2D eigenvalue weighted by molar-refractivity contribution is -0.113. The lowest BCUT2D eigenvalue weighted by Gasteiger charge is -2.35. The molecule has 3 rings (SSSR count). The van der Waals surface area contributed by atoms with Crippen LogP contribution in [0.5, 0.6) is 0 Å². The highest BCUT2D eigenvalue weighted by molar-refractivity contribution is 6.14. The minimum absolute atomic E-state index is 0.0166. The van der Waals surface area contributed by atoms with Crippen LogP contribution in [0.1, 0.15) is 44.7 Å². The second-order valence-corrected chi connectivity index (χ2v) is 8.25. The Labute approximate surface area is 159 Å². The van der Waals surface area contributed by atoms with Crippen LogP contribution in [0.4, 0.5) is 8.78 Å². The predicted octanol–water partition coefficient (Wildman–Crippen LogP) is 6.46. The van der Waals surface area contributed by atoms with Crippen molar-refractivity contribution in [2.45, 2.75) is 33.6 Å². The molecule has 0 spiro atoms. The van der Waals surface area contributed by atoms with Crippen LogP contribution in [0.2, 0.25) is 0 Å². The highest BCUT2D eigenvalue weighted by Gasteiger charge is 2.34. The summed E-state index contributed by atoms with van der Waals surface area (Å²) in [4.78, 5) is 13.1. The molecule has 0 aromatic heterocycles. The highest BCUT2D eigenvalue weighted by atomic mass is 19.1. The Bertz CT molecular complexity index is 848. The molecule has 3 heteroatoms. The zero-order valence-corrected chi connectivity index (χ0v) is 15.9. The minimum atomic E-state index is -0.324. The number of allylic oxidation sites excluding steroid dienone is 2. The SMILES string of the molecule is CC(C)(C)C1C/C(=C\c2cccc(F)c2)C(=O)/C(=C/c2cccc(F)c2)C1. The molecule has 0 bridgehead atoms. The van der Waals surface area contributed by atoms with Crippen LogP contribution in [0.3, 0.4) is 0 Å². The fourth-order valence-corrected chi connectivity index (χ4v) is 3.45. The molecule has 0 saturated heterocycles. The second-order valence-electron chi connectivity index (χ2n) is 8.25. The second kappa shape index (κ2) is 7.59. The minimum Gasteiger partial charge on any atom is -0.289 e. The molecule has 0 N–H and O–H groups in total. The van der Waals surface area contributed by atoms with Crippen LogP contribution >= 0.6 is 0 Å². The van der Waals surface area contributed by atoms with Crippen molar-refractivity contribution >= 4 is 17.9 Å². The van der Waals surface area contributed by atoms with Gasteiger partial charge in [-0.15, -0.1) is 0 Å². The molecule has 1 fully saturated rings. The largest absolute Gasteiger partial charge is 0.289 e. The van der Waals surface area contributed by atoms with E-state index in [-0.39, 0.29) is 28.8 Å². The average Bonchev–Trinajstić information content (AvgIpc) is 2.57. The molecule has 0 heterocycles. The van der Waals surface area contributed by atoms with Gasteiger partial charge in [0, 0.05) is 11.1 Å². The van der Waals surface area contributed by atoms with Crippen molar-refractivity contribution in [3.63, 3.8) is 0 Å². The number of halogens is 2. The maximum atomic E-state index is 13.5. The Hall–Kier alpha value is -2.55. The third kappa shape index (κ3) is 4.79. The standard InChI is InChI=1S/C24H24F2O/c1-24(2,3)20-14-18(10-16-6-4-8-21(25)12-16)23(27)19(15-20)11-17-7-5-9-22(26)13-17/h4-13,20H,14-15H2,1-3H3/b18-10+,19-11+. The molecule has 0 amide bonds. The smallest absolute Gasteiger partial charge is 0.185 e. The van der Waals surface area contributed by atoms with Crippen LogP contribution in [0.25, 0.3) is 12.2 Å². The van der Waals surface area contributed by atoms with Crippen molar-refractivity contribution in [2.75, 3.05) is 0 Å². The molecule has 2 aromatic carbocycles. The average molecular weight is 366 g/mol. The van der Waals surface area contributed by atoms with E-state index in [2.05, 4.69) is 20.8 Å². The van der Waals surface area contributed by atoms with Gasteiger partial charge in [0.1, 0.15) is 11.6 Å². The van der Waals surface area contributed by atoms with E-state index in [1.54, 1.807) is 36.4 Å². The van der Waals surface area contributed by atoms with Crippen molar-refractivity contribution in [2.24, 2.45) is 11.3 Å². The normalized spacial score (nSPS) is 21.1. The summed E-state index contributed by atoms with van der Waals surface area (Å²) >= 11 is 0. The summed E-state index contributed by atoms with van der Waals surface area (Å²) < 4.78 is 27.1. The van der Waals surface area contributed by atoms with Crippen LogP contribution in [-0.4, -0.2) is 5.78 Å². The molecule has 0 radical (unpaired) electrons. The van der Waals surface area contributed by atoms with Gasteiger partial charge in [0.25, 0.3) is 0 Å². The Kier molecular flexibility index (Phi) is 5.41. The van der Waals surface area contributed by atoms with Crippen molar-refractivity contribution < 1.29 is 13.6 Å². The van der Waals surface area contributed by atoms with Crippen LogP contribution in [0.15, 0.2) is 59.7 Å². The number of carbonyl (C=O) groups excluding carboxylic acids is 1. The van der Waals surface area contributed by atoms with E-state index in [9.17, 15) is 13.6 Å². The van der Waals surface area contributed by atoms with E-state index in [0.29, 0.717) is 35.1 Å².